The van der Waals surface area contributed by atoms with E-state index < -0.39 is 0 Å². The van der Waals surface area contributed by atoms with Gasteiger partial charge >= 0.3 is 0 Å². The summed E-state index contributed by atoms with van der Waals surface area (Å²) < 4.78 is 0. The Kier molecular flexibility index (Phi) is 3.96. The zero-order chi connectivity index (χ0) is 14.7. The Balaban J connectivity index is 1.65. The second-order valence-corrected chi connectivity index (χ2v) is 5.55. The van der Waals surface area contributed by atoms with Crippen LogP contribution in [0.5, 0.6) is 0 Å². The number of aryl methyl sites for hydroxylation is 1. The van der Waals surface area contributed by atoms with Crippen LogP contribution >= 0.6 is 11.3 Å². The lowest BCUT2D eigenvalue weighted by Gasteiger charge is -2.29. The third-order valence-corrected chi connectivity index (χ3v) is 4.06. The van der Waals surface area contributed by atoms with Crippen molar-refractivity contribution in [1.29, 1.82) is 0 Å². The zero-order valence-corrected chi connectivity index (χ0v) is 12.2. The number of nitrogens with one attached hydrogen (secondary N) is 1. The number of benzene rings is 1. The SMILES string of the molecule is O=C(NCC(=O)N1CCCc2ccccc21)c1cscn1. The molecule has 0 spiro atoms. The second-order valence-electron chi connectivity index (χ2n) is 4.83. The smallest absolute Gasteiger partial charge is 0.271 e. The van der Waals surface area contributed by atoms with Crippen LogP contribution < -0.4 is 10.2 Å². The number of carbonyl (C=O) groups is 2. The number of rotatable bonds is 3. The molecule has 1 aromatic carbocycles. The maximum Gasteiger partial charge on any atom is 0.271 e. The number of anilines is 1. The summed E-state index contributed by atoms with van der Waals surface area (Å²) in [5, 5.41) is 4.29. The quantitative estimate of drug-likeness (QED) is 0.941. The summed E-state index contributed by atoms with van der Waals surface area (Å²) in [5.41, 5.74) is 4.09. The average Bonchev–Trinajstić information content (AvgIpc) is 3.06. The fraction of sp³-hybridized carbons (Fsp3) is 0.267. The van der Waals surface area contributed by atoms with Crippen LogP contribution in [-0.2, 0) is 11.2 Å². The van der Waals surface area contributed by atoms with Gasteiger partial charge in [-0.2, -0.15) is 0 Å². The number of carbonyl (C=O) groups excluding carboxylic acids is 2. The van der Waals surface area contributed by atoms with E-state index in [4.69, 9.17) is 0 Å². The molecule has 2 aromatic rings. The number of para-hydroxylation sites is 1. The molecule has 1 aliphatic rings. The molecule has 0 aliphatic carbocycles. The van der Waals surface area contributed by atoms with Crippen LogP contribution in [-0.4, -0.2) is 29.9 Å². The molecule has 2 heterocycles. The van der Waals surface area contributed by atoms with E-state index in [1.54, 1.807) is 15.8 Å². The maximum atomic E-state index is 12.3. The van der Waals surface area contributed by atoms with E-state index in [1.165, 1.54) is 16.9 Å². The molecule has 0 radical (unpaired) electrons. The maximum absolute atomic E-state index is 12.3. The van der Waals surface area contributed by atoms with Crippen molar-refractivity contribution in [1.82, 2.24) is 10.3 Å². The van der Waals surface area contributed by atoms with Crippen molar-refractivity contribution in [2.24, 2.45) is 0 Å². The number of amides is 2. The minimum atomic E-state index is -0.310. The van der Waals surface area contributed by atoms with Gasteiger partial charge in [-0.05, 0) is 24.5 Å². The molecule has 1 N–H and O–H groups in total. The first-order valence-electron chi connectivity index (χ1n) is 6.80. The Morgan fingerprint density at radius 1 is 1.33 bits per heavy atom. The first-order valence-corrected chi connectivity index (χ1v) is 7.74. The van der Waals surface area contributed by atoms with Crippen LogP contribution in [0.2, 0.25) is 0 Å². The number of aromatic nitrogens is 1. The molecule has 0 fully saturated rings. The van der Waals surface area contributed by atoms with Gasteiger partial charge in [0.2, 0.25) is 5.91 Å². The van der Waals surface area contributed by atoms with E-state index in [-0.39, 0.29) is 18.4 Å². The van der Waals surface area contributed by atoms with Crippen LogP contribution in [0, 0.1) is 0 Å². The molecule has 108 valence electrons. The Bertz CT molecular complexity index is 655. The van der Waals surface area contributed by atoms with Crippen molar-refractivity contribution < 1.29 is 9.59 Å². The normalized spacial score (nSPS) is 13.6. The van der Waals surface area contributed by atoms with E-state index in [1.807, 2.05) is 24.3 Å². The molecule has 6 heteroatoms. The molecule has 0 saturated carbocycles. The minimum Gasteiger partial charge on any atom is -0.342 e. The van der Waals surface area contributed by atoms with Crippen LogP contribution in [0.1, 0.15) is 22.5 Å². The van der Waals surface area contributed by atoms with Gasteiger partial charge in [0.15, 0.2) is 0 Å². The van der Waals surface area contributed by atoms with E-state index in [2.05, 4.69) is 10.3 Å². The van der Waals surface area contributed by atoms with Crippen LogP contribution in [0.3, 0.4) is 0 Å². The average molecular weight is 301 g/mol. The second kappa shape index (κ2) is 6.05. The van der Waals surface area contributed by atoms with Crippen molar-refractivity contribution in [3.63, 3.8) is 0 Å². The van der Waals surface area contributed by atoms with Gasteiger partial charge in [-0.25, -0.2) is 4.98 Å². The summed E-state index contributed by atoms with van der Waals surface area (Å²) >= 11 is 1.35. The molecule has 2 amide bonds. The highest BCUT2D eigenvalue weighted by molar-refractivity contribution is 7.07. The Morgan fingerprint density at radius 3 is 3.00 bits per heavy atom. The van der Waals surface area contributed by atoms with Crippen molar-refractivity contribution in [2.75, 3.05) is 18.0 Å². The molecular weight excluding hydrogens is 286 g/mol. The predicted octanol–water partition coefficient (Wildman–Crippen LogP) is 1.85. The lowest BCUT2D eigenvalue weighted by Crippen LogP contribution is -2.42. The molecule has 1 aromatic heterocycles. The Morgan fingerprint density at radius 2 is 2.19 bits per heavy atom. The largest absolute Gasteiger partial charge is 0.342 e. The highest BCUT2D eigenvalue weighted by atomic mass is 32.1. The number of thiazole rings is 1. The Labute approximate surface area is 126 Å². The van der Waals surface area contributed by atoms with Crippen molar-refractivity contribution in [2.45, 2.75) is 12.8 Å². The van der Waals surface area contributed by atoms with Gasteiger partial charge in [0.05, 0.1) is 12.1 Å². The number of hydrogen-bond donors (Lipinski definition) is 1. The highest BCUT2D eigenvalue weighted by Gasteiger charge is 2.22. The van der Waals surface area contributed by atoms with E-state index in [9.17, 15) is 9.59 Å². The van der Waals surface area contributed by atoms with Crippen molar-refractivity contribution in [3.05, 3.63) is 46.4 Å². The van der Waals surface area contributed by atoms with Gasteiger partial charge in [0.25, 0.3) is 5.91 Å². The van der Waals surface area contributed by atoms with Gasteiger partial charge in [0.1, 0.15) is 5.69 Å². The fourth-order valence-corrected chi connectivity index (χ4v) is 2.99. The molecule has 5 nitrogen and oxygen atoms in total. The summed E-state index contributed by atoms with van der Waals surface area (Å²) in [6.07, 6.45) is 1.94. The summed E-state index contributed by atoms with van der Waals surface area (Å²) in [4.78, 5) is 29.8. The zero-order valence-electron chi connectivity index (χ0n) is 11.4. The molecule has 0 unspecified atom stereocenters. The van der Waals surface area contributed by atoms with Crippen LogP contribution in [0.25, 0.3) is 0 Å². The molecule has 1 aliphatic heterocycles. The van der Waals surface area contributed by atoms with Crippen molar-refractivity contribution in [3.8, 4) is 0 Å². The van der Waals surface area contributed by atoms with Crippen molar-refractivity contribution >= 4 is 28.8 Å². The lowest BCUT2D eigenvalue weighted by molar-refractivity contribution is -0.117. The predicted molar refractivity (Wildman–Crippen MR) is 81.6 cm³/mol. The number of nitrogens with zero attached hydrogens (tertiary/aromatic N) is 2. The van der Waals surface area contributed by atoms with Gasteiger partial charge in [-0.15, -0.1) is 11.3 Å². The van der Waals surface area contributed by atoms with E-state index >= 15 is 0 Å². The molecular formula is C15H15N3O2S. The fourth-order valence-electron chi connectivity index (χ4n) is 2.46. The van der Waals surface area contributed by atoms with Crippen LogP contribution in [0.4, 0.5) is 5.69 Å². The molecule has 21 heavy (non-hydrogen) atoms. The van der Waals surface area contributed by atoms with E-state index in [0.717, 1.165) is 18.5 Å². The molecule has 0 atom stereocenters. The first kappa shape index (κ1) is 13.8. The monoisotopic (exact) mass is 301 g/mol. The molecule has 0 bridgehead atoms. The Hall–Kier alpha value is -2.21. The number of hydrogen-bond acceptors (Lipinski definition) is 4. The van der Waals surface area contributed by atoms with Gasteiger partial charge in [0, 0.05) is 17.6 Å². The molecule has 0 saturated heterocycles. The van der Waals surface area contributed by atoms with E-state index in [0.29, 0.717) is 12.2 Å². The van der Waals surface area contributed by atoms with Gasteiger partial charge < -0.3 is 10.2 Å². The topological polar surface area (TPSA) is 62.3 Å². The van der Waals surface area contributed by atoms with Crippen LogP contribution in [0.15, 0.2) is 35.2 Å². The number of fused-ring (bicyclic) bond motifs is 1. The summed E-state index contributed by atoms with van der Waals surface area (Å²) in [6, 6.07) is 7.91. The lowest BCUT2D eigenvalue weighted by atomic mass is 10.0. The summed E-state index contributed by atoms with van der Waals surface area (Å²) in [7, 11) is 0. The molecule has 3 rings (SSSR count). The van der Waals surface area contributed by atoms with Gasteiger partial charge in [-0.3, -0.25) is 9.59 Å². The minimum absolute atomic E-state index is 0.00923. The third kappa shape index (κ3) is 2.95. The summed E-state index contributed by atoms with van der Waals surface area (Å²) in [5.74, 6) is -0.402. The first-order chi connectivity index (χ1) is 10.3. The summed E-state index contributed by atoms with van der Waals surface area (Å²) in [6.45, 7) is 0.688. The van der Waals surface area contributed by atoms with Gasteiger partial charge in [-0.1, -0.05) is 18.2 Å². The standard InChI is InChI=1S/C15H15N3O2S/c19-14(8-16-15(20)12-9-21-10-17-12)18-7-3-5-11-4-1-2-6-13(11)18/h1-2,4,6,9-10H,3,5,7-8H2,(H,16,20). The highest BCUT2D eigenvalue weighted by Crippen LogP contribution is 2.26. The third-order valence-electron chi connectivity index (χ3n) is 3.48.